The lowest BCUT2D eigenvalue weighted by molar-refractivity contribution is 0.283. The molecule has 1 unspecified atom stereocenters. The molecule has 0 aliphatic carbocycles. The first-order chi connectivity index (χ1) is 17.7. The van der Waals surface area contributed by atoms with Gasteiger partial charge in [-0.3, -0.25) is 9.98 Å². The van der Waals surface area contributed by atoms with Crippen molar-refractivity contribution in [3.05, 3.63) is 77.3 Å². The molecule has 0 aromatic heterocycles. The molecule has 1 aromatic carbocycles. The summed E-state index contributed by atoms with van der Waals surface area (Å²) in [5.74, 6) is 0. The van der Waals surface area contributed by atoms with E-state index in [1.165, 1.54) is 35.2 Å². The summed E-state index contributed by atoms with van der Waals surface area (Å²) in [4.78, 5) is 14.4. The lowest BCUT2D eigenvalue weighted by Crippen LogP contribution is -2.43. The fourth-order valence-corrected chi connectivity index (χ4v) is 5.28. The van der Waals surface area contributed by atoms with Crippen LogP contribution in [-0.2, 0) is 12.8 Å². The lowest BCUT2D eigenvalue weighted by Gasteiger charge is -2.39. The lowest BCUT2D eigenvalue weighted by atomic mass is 9.92. The number of likely N-dealkylation sites (N-methyl/N-ethyl adjacent to an activating group) is 1. The summed E-state index contributed by atoms with van der Waals surface area (Å²) in [6.45, 7) is 20.2. The van der Waals surface area contributed by atoms with Gasteiger partial charge >= 0.3 is 0 Å². The minimum Gasteiger partial charge on any atom is -0.387 e. The second kappa shape index (κ2) is 13.5. The van der Waals surface area contributed by atoms with Crippen LogP contribution in [0.4, 0.5) is 0 Å². The van der Waals surface area contributed by atoms with Crippen molar-refractivity contribution < 1.29 is 0 Å². The SMILES string of the molecule is C=C1CCc2ccc(CC)cc2C(=C)N2CCCCC2C(=NC)/C=C(C)/N=C(C)/C=C(\C)N(C)CCN1. The van der Waals surface area contributed by atoms with Crippen molar-refractivity contribution in [2.75, 3.05) is 33.7 Å². The summed E-state index contributed by atoms with van der Waals surface area (Å²) in [5, 5.41) is 3.54. The molecule has 1 fully saturated rings. The van der Waals surface area contributed by atoms with Crippen LogP contribution < -0.4 is 5.32 Å². The van der Waals surface area contributed by atoms with Gasteiger partial charge in [-0.25, -0.2) is 0 Å². The second-order valence-electron chi connectivity index (χ2n) is 10.4. The first-order valence-electron chi connectivity index (χ1n) is 13.8. The fourth-order valence-electron chi connectivity index (χ4n) is 5.28. The molecule has 200 valence electrons. The predicted octanol–water partition coefficient (Wildman–Crippen LogP) is 6.39. The maximum Gasteiger partial charge on any atom is 0.0709 e. The van der Waals surface area contributed by atoms with E-state index in [0.717, 1.165) is 73.8 Å². The molecule has 37 heavy (non-hydrogen) atoms. The van der Waals surface area contributed by atoms with Gasteiger partial charge in [0.15, 0.2) is 0 Å². The third-order valence-electron chi connectivity index (χ3n) is 7.59. The molecule has 0 amide bonds. The third kappa shape index (κ3) is 7.70. The van der Waals surface area contributed by atoms with E-state index in [1.54, 1.807) is 0 Å². The Kier molecular flexibility index (Phi) is 10.4. The Bertz CT molecular complexity index is 1100. The van der Waals surface area contributed by atoms with Gasteiger partial charge < -0.3 is 15.1 Å². The Morgan fingerprint density at radius 1 is 1.08 bits per heavy atom. The molecular weight excluding hydrogens is 454 g/mol. The zero-order chi connectivity index (χ0) is 26.9. The summed E-state index contributed by atoms with van der Waals surface area (Å²) in [7, 11) is 4.03. The summed E-state index contributed by atoms with van der Waals surface area (Å²) in [6.07, 6.45) is 10.6. The average molecular weight is 502 g/mol. The van der Waals surface area contributed by atoms with Gasteiger partial charge in [-0.2, -0.15) is 0 Å². The maximum absolute atomic E-state index is 4.89. The molecule has 0 radical (unpaired) electrons. The molecular formula is C32H47N5. The van der Waals surface area contributed by atoms with E-state index in [9.17, 15) is 0 Å². The third-order valence-corrected chi connectivity index (χ3v) is 7.59. The highest BCUT2D eigenvalue weighted by Crippen LogP contribution is 2.31. The van der Waals surface area contributed by atoms with Crippen molar-refractivity contribution in [1.29, 1.82) is 0 Å². The van der Waals surface area contributed by atoms with Crippen LogP contribution >= 0.6 is 0 Å². The van der Waals surface area contributed by atoms with E-state index in [4.69, 9.17) is 9.98 Å². The van der Waals surface area contributed by atoms with Crippen LogP contribution in [0.1, 0.15) is 70.1 Å². The van der Waals surface area contributed by atoms with Crippen molar-refractivity contribution in [2.45, 2.75) is 72.3 Å². The first kappa shape index (κ1) is 28.5. The van der Waals surface area contributed by atoms with Crippen LogP contribution in [-0.4, -0.2) is 61.0 Å². The van der Waals surface area contributed by atoms with E-state index in [-0.39, 0.29) is 6.04 Å². The van der Waals surface area contributed by atoms with Gasteiger partial charge in [-0.15, -0.1) is 0 Å². The van der Waals surface area contributed by atoms with E-state index in [1.807, 2.05) is 7.05 Å². The van der Waals surface area contributed by atoms with Crippen molar-refractivity contribution >= 4 is 17.1 Å². The highest BCUT2D eigenvalue weighted by atomic mass is 15.2. The molecule has 0 bridgehead atoms. The van der Waals surface area contributed by atoms with Gasteiger partial charge in [0.05, 0.1) is 11.8 Å². The van der Waals surface area contributed by atoms with Crippen LogP contribution in [0, 0.1) is 0 Å². The predicted molar refractivity (Wildman–Crippen MR) is 161 cm³/mol. The number of aliphatic imine (C=N–C) groups is 2. The van der Waals surface area contributed by atoms with Crippen molar-refractivity contribution in [1.82, 2.24) is 15.1 Å². The second-order valence-corrected chi connectivity index (χ2v) is 10.4. The maximum atomic E-state index is 4.89. The van der Waals surface area contributed by atoms with Crippen molar-refractivity contribution in [3.63, 3.8) is 0 Å². The fraction of sp³-hybridized carbons (Fsp3) is 0.500. The summed E-state index contributed by atoms with van der Waals surface area (Å²) >= 11 is 0. The van der Waals surface area contributed by atoms with Crippen LogP contribution in [0.3, 0.4) is 0 Å². The number of hydrogen-bond acceptors (Lipinski definition) is 5. The number of nitrogens with zero attached hydrogens (tertiary/aromatic N) is 4. The van der Waals surface area contributed by atoms with Crippen LogP contribution in [0.25, 0.3) is 5.70 Å². The number of fused-ring (bicyclic) bond motifs is 2. The van der Waals surface area contributed by atoms with Crippen molar-refractivity contribution in [3.8, 4) is 0 Å². The van der Waals surface area contributed by atoms with Gasteiger partial charge in [0, 0.05) is 67.8 Å². The number of piperidine rings is 1. The molecule has 2 aliphatic heterocycles. The smallest absolute Gasteiger partial charge is 0.0709 e. The highest BCUT2D eigenvalue weighted by Gasteiger charge is 2.28. The number of benzene rings is 1. The molecule has 1 atom stereocenters. The summed E-state index contributed by atoms with van der Waals surface area (Å²) < 4.78 is 0. The Balaban J connectivity index is 2.05. The Morgan fingerprint density at radius 2 is 1.86 bits per heavy atom. The van der Waals surface area contributed by atoms with E-state index in [2.05, 4.69) is 93.4 Å². The number of nitrogens with one attached hydrogen (secondary N) is 1. The van der Waals surface area contributed by atoms with Gasteiger partial charge in [0.25, 0.3) is 0 Å². The van der Waals surface area contributed by atoms with Crippen LogP contribution in [0.15, 0.2) is 70.6 Å². The number of aryl methyl sites for hydroxylation is 2. The molecule has 1 saturated heterocycles. The molecule has 5 heteroatoms. The average Bonchev–Trinajstić information content (AvgIpc) is 2.89. The minimum absolute atomic E-state index is 0.206. The highest BCUT2D eigenvalue weighted by molar-refractivity contribution is 6.01. The zero-order valence-electron chi connectivity index (χ0n) is 24.0. The standard InChI is InChI=1S/C32H47N5/c1-9-28-14-16-29-15-13-23(2)34-17-19-36(8)26(5)20-24(3)35-25(4)21-31(33-7)32-12-10-11-18-37(32)27(6)30(29)22-28/h14,16,20-22,32,34H,2,6,9-13,15,17-19H2,1,3-5,7-8H3/b25-21+,26-20+,33-31?,35-24+. The largest absolute Gasteiger partial charge is 0.387 e. The van der Waals surface area contributed by atoms with E-state index >= 15 is 0 Å². The Morgan fingerprint density at radius 3 is 2.59 bits per heavy atom. The topological polar surface area (TPSA) is 43.2 Å². The summed E-state index contributed by atoms with van der Waals surface area (Å²) in [5.41, 5.74) is 10.4. The monoisotopic (exact) mass is 501 g/mol. The molecule has 2 heterocycles. The number of allylic oxidation sites excluding steroid dienone is 4. The Labute approximate surface area is 225 Å². The minimum atomic E-state index is 0.206. The Hall–Kier alpha value is -3.08. The van der Waals surface area contributed by atoms with E-state index < -0.39 is 0 Å². The molecule has 2 aliphatic rings. The first-order valence-corrected chi connectivity index (χ1v) is 13.8. The summed E-state index contributed by atoms with van der Waals surface area (Å²) in [6, 6.07) is 7.12. The zero-order valence-corrected chi connectivity index (χ0v) is 24.0. The molecule has 0 spiro atoms. The number of rotatable bonds is 1. The quantitative estimate of drug-likeness (QED) is 0.485. The molecule has 5 nitrogen and oxygen atoms in total. The molecule has 1 aromatic rings. The molecule has 1 N–H and O–H groups in total. The molecule has 0 saturated carbocycles. The van der Waals surface area contributed by atoms with Gasteiger partial charge in [0.2, 0.25) is 0 Å². The van der Waals surface area contributed by atoms with Gasteiger partial charge in [-0.05, 0) is 88.6 Å². The normalized spacial score (nSPS) is 26.3. The van der Waals surface area contributed by atoms with Crippen LogP contribution in [0.5, 0.6) is 0 Å². The molecule has 3 rings (SSSR count). The van der Waals surface area contributed by atoms with Gasteiger partial charge in [0.1, 0.15) is 0 Å². The van der Waals surface area contributed by atoms with Gasteiger partial charge in [-0.1, -0.05) is 32.2 Å². The van der Waals surface area contributed by atoms with Crippen LogP contribution in [0.2, 0.25) is 0 Å². The van der Waals surface area contributed by atoms with Crippen molar-refractivity contribution in [2.24, 2.45) is 9.98 Å². The van der Waals surface area contributed by atoms with E-state index in [0.29, 0.717) is 0 Å². The number of hydrogen-bond donors (Lipinski definition) is 1.